The topological polar surface area (TPSA) is 46.3 Å². The second-order valence-corrected chi connectivity index (χ2v) is 5.80. The molecule has 1 aliphatic heterocycles. The molecule has 2 rings (SSSR count). The van der Waals surface area contributed by atoms with E-state index in [4.69, 9.17) is 17.3 Å². The molecule has 3 nitrogen and oxygen atoms in total. The number of halogens is 3. The van der Waals surface area contributed by atoms with Crippen LogP contribution in [0, 0.1) is 5.92 Å². The van der Waals surface area contributed by atoms with Crippen LogP contribution in [0.4, 0.5) is 0 Å². The van der Waals surface area contributed by atoms with Crippen LogP contribution in [0.2, 0.25) is 5.02 Å². The molecule has 1 heterocycles. The zero-order chi connectivity index (χ0) is 13.1. The van der Waals surface area contributed by atoms with Crippen molar-refractivity contribution in [2.24, 2.45) is 11.7 Å². The number of hydrogen-bond donors (Lipinski definition) is 1. The highest BCUT2D eigenvalue weighted by molar-refractivity contribution is 9.10. The van der Waals surface area contributed by atoms with Gasteiger partial charge in [-0.1, -0.05) is 17.7 Å². The Bertz CT molecular complexity index is 448. The van der Waals surface area contributed by atoms with Crippen LogP contribution < -0.4 is 5.73 Å². The first-order valence-electron chi connectivity index (χ1n) is 6.07. The number of nitrogens with zero attached hydrogens (tertiary/aromatic N) is 1. The summed E-state index contributed by atoms with van der Waals surface area (Å²) in [6, 6.07) is 5.43. The van der Waals surface area contributed by atoms with E-state index in [1.807, 2.05) is 17.0 Å². The maximum atomic E-state index is 12.4. The van der Waals surface area contributed by atoms with E-state index in [0.717, 1.165) is 30.4 Å². The molecule has 1 aromatic rings. The summed E-state index contributed by atoms with van der Waals surface area (Å²) < 4.78 is 0.756. The Labute approximate surface area is 133 Å². The maximum Gasteiger partial charge on any atom is 0.255 e. The number of nitrogens with two attached hydrogens (primary N) is 1. The fraction of sp³-hybridized carbons (Fsp3) is 0.462. The van der Waals surface area contributed by atoms with Crippen molar-refractivity contribution < 1.29 is 4.79 Å². The van der Waals surface area contributed by atoms with E-state index in [2.05, 4.69) is 15.9 Å². The van der Waals surface area contributed by atoms with E-state index in [-0.39, 0.29) is 18.3 Å². The summed E-state index contributed by atoms with van der Waals surface area (Å²) >= 11 is 9.49. The first-order valence-corrected chi connectivity index (χ1v) is 7.24. The molecule has 106 valence electrons. The molecule has 1 amide bonds. The van der Waals surface area contributed by atoms with Crippen molar-refractivity contribution in [3.8, 4) is 0 Å². The van der Waals surface area contributed by atoms with Gasteiger partial charge in [-0.25, -0.2) is 0 Å². The third kappa shape index (κ3) is 3.85. The highest BCUT2D eigenvalue weighted by Gasteiger charge is 2.24. The van der Waals surface area contributed by atoms with Crippen LogP contribution in [0.25, 0.3) is 0 Å². The van der Waals surface area contributed by atoms with Crippen LogP contribution in [-0.2, 0) is 0 Å². The molecule has 0 unspecified atom stereocenters. The summed E-state index contributed by atoms with van der Waals surface area (Å²) in [6.07, 6.45) is 1.96. The number of carbonyl (C=O) groups is 1. The second kappa shape index (κ2) is 7.48. The standard InChI is InChI=1S/C13H16BrClN2O.ClH/c14-11-3-1-2-10(12(11)15)13(18)17-6-4-9(8-16)5-7-17;/h1-3,9H,4-8,16H2;1H. The lowest BCUT2D eigenvalue weighted by atomic mass is 9.96. The Balaban J connectivity index is 0.00000180. The smallest absolute Gasteiger partial charge is 0.255 e. The van der Waals surface area contributed by atoms with E-state index in [1.165, 1.54) is 0 Å². The van der Waals surface area contributed by atoms with Gasteiger partial charge in [0.1, 0.15) is 0 Å². The Morgan fingerprint density at radius 1 is 1.42 bits per heavy atom. The molecule has 0 radical (unpaired) electrons. The Hall–Kier alpha value is -0.290. The summed E-state index contributed by atoms with van der Waals surface area (Å²) in [4.78, 5) is 14.2. The van der Waals surface area contributed by atoms with Crippen LogP contribution in [0.3, 0.4) is 0 Å². The molecular formula is C13H17BrCl2N2O. The van der Waals surface area contributed by atoms with Gasteiger partial charge in [-0.2, -0.15) is 0 Å². The molecule has 1 saturated heterocycles. The largest absolute Gasteiger partial charge is 0.339 e. The molecule has 1 fully saturated rings. The number of amides is 1. The van der Waals surface area contributed by atoms with E-state index >= 15 is 0 Å². The minimum atomic E-state index is 0. The summed E-state index contributed by atoms with van der Waals surface area (Å²) in [5.41, 5.74) is 6.22. The first-order chi connectivity index (χ1) is 8.63. The number of likely N-dealkylation sites (tertiary alicyclic amines) is 1. The molecule has 19 heavy (non-hydrogen) atoms. The first kappa shape index (κ1) is 16.8. The van der Waals surface area contributed by atoms with Crippen LogP contribution >= 0.6 is 39.9 Å². The average Bonchev–Trinajstić information content (AvgIpc) is 2.41. The lowest BCUT2D eigenvalue weighted by Gasteiger charge is -2.31. The van der Waals surface area contributed by atoms with Gasteiger partial charge in [0.2, 0.25) is 0 Å². The maximum absolute atomic E-state index is 12.4. The molecule has 0 spiro atoms. The van der Waals surface area contributed by atoms with Gasteiger partial charge in [0, 0.05) is 17.6 Å². The molecule has 0 aromatic heterocycles. The zero-order valence-corrected chi connectivity index (χ0v) is 13.6. The Kier molecular flexibility index (Phi) is 6.60. The lowest BCUT2D eigenvalue weighted by Crippen LogP contribution is -2.40. The van der Waals surface area contributed by atoms with Crippen molar-refractivity contribution >= 4 is 45.8 Å². The minimum Gasteiger partial charge on any atom is -0.339 e. The fourth-order valence-corrected chi connectivity index (χ4v) is 2.78. The van der Waals surface area contributed by atoms with Crippen molar-refractivity contribution in [1.82, 2.24) is 4.90 Å². The third-order valence-corrected chi connectivity index (χ3v) is 4.71. The van der Waals surface area contributed by atoms with Gasteiger partial charge in [-0.3, -0.25) is 4.79 Å². The average molecular weight is 368 g/mol. The molecule has 1 aliphatic rings. The number of benzene rings is 1. The van der Waals surface area contributed by atoms with Crippen molar-refractivity contribution in [2.45, 2.75) is 12.8 Å². The van der Waals surface area contributed by atoms with E-state index in [9.17, 15) is 4.79 Å². The molecule has 0 bridgehead atoms. The number of piperidine rings is 1. The molecule has 2 N–H and O–H groups in total. The van der Waals surface area contributed by atoms with E-state index in [0.29, 0.717) is 23.0 Å². The van der Waals surface area contributed by atoms with Crippen LogP contribution in [0.15, 0.2) is 22.7 Å². The van der Waals surface area contributed by atoms with Gasteiger partial charge in [0.05, 0.1) is 10.6 Å². The quantitative estimate of drug-likeness (QED) is 0.871. The Morgan fingerprint density at radius 3 is 2.63 bits per heavy atom. The molecule has 0 aliphatic carbocycles. The van der Waals surface area contributed by atoms with Crippen LogP contribution in [0.1, 0.15) is 23.2 Å². The second-order valence-electron chi connectivity index (χ2n) is 4.57. The monoisotopic (exact) mass is 366 g/mol. The lowest BCUT2D eigenvalue weighted by molar-refractivity contribution is 0.0693. The number of hydrogen-bond acceptors (Lipinski definition) is 2. The highest BCUT2D eigenvalue weighted by atomic mass is 79.9. The van der Waals surface area contributed by atoms with Crippen LogP contribution in [0.5, 0.6) is 0 Å². The number of rotatable bonds is 2. The predicted octanol–water partition coefficient (Wildman–Crippen LogP) is 3.34. The SMILES string of the molecule is Cl.NCC1CCN(C(=O)c2cccc(Br)c2Cl)CC1. The molecule has 1 aromatic carbocycles. The van der Waals surface area contributed by atoms with Crippen molar-refractivity contribution in [3.63, 3.8) is 0 Å². The fourth-order valence-electron chi connectivity index (χ4n) is 2.21. The van der Waals surface area contributed by atoms with Crippen molar-refractivity contribution in [3.05, 3.63) is 33.3 Å². The van der Waals surface area contributed by atoms with Crippen LogP contribution in [-0.4, -0.2) is 30.4 Å². The zero-order valence-electron chi connectivity index (χ0n) is 10.4. The van der Waals surface area contributed by atoms with Gasteiger partial charge < -0.3 is 10.6 Å². The molecule has 0 saturated carbocycles. The molecule has 0 atom stereocenters. The van der Waals surface area contributed by atoms with Crippen molar-refractivity contribution in [2.75, 3.05) is 19.6 Å². The van der Waals surface area contributed by atoms with Gasteiger partial charge in [0.25, 0.3) is 5.91 Å². The highest BCUT2D eigenvalue weighted by Crippen LogP contribution is 2.28. The van der Waals surface area contributed by atoms with Gasteiger partial charge >= 0.3 is 0 Å². The summed E-state index contributed by atoms with van der Waals surface area (Å²) in [6.45, 7) is 2.24. The third-order valence-electron chi connectivity index (χ3n) is 3.42. The normalized spacial score (nSPS) is 16.1. The summed E-state index contributed by atoms with van der Waals surface area (Å²) in [5, 5.41) is 0.489. The summed E-state index contributed by atoms with van der Waals surface area (Å²) in [7, 11) is 0. The predicted molar refractivity (Wildman–Crippen MR) is 84.1 cm³/mol. The van der Waals surface area contributed by atoms with Gasteiger partial charge in [-0.05, 0) is 53.4 Å². The Morgan fingerprint density at radius 2 is 2.05 bits per heavy atom. The molecule has 6 heteroatoms. The van der Waals surface area contributed by atoms with Crippen molar-refractivity contribution in [1.29, 1.82) is 0 Å². The molecular weight excluding hydrogens is 351 g/mol. The summed E-state index contributed by atoms with van der Waals surface area (Å²) in [5.74, 6) is 0.559. The minimum absolute atomic E-state index is 0. The van der Waals surface area contributed by atoms with Gasteiger partial charge in [-0.15, -0.1) is 12.4 Å². The van der Waals surface area contributed by atoms with Gasteiger partial charge in [0.15, 0.2) is 0 Å². The van der Waals surface area contributed by atoms with E-state index < -0.39 is 0 Å². The number of carbonyl (C=O) groups excluding carboxylic acids is 1. The van der Waals surface area contributed by atoms with E-state index in [1.54, 1.807) is 6.07 Å².